The summed E-state index contributed by atoms with van der Waals surface area (Å²) < 4.78 is 68.5. The van der Waals surface area contributed by atoms with E-state index in [1.165, 1.54) is 193 Å². The van der Waals surface area contributed by atoms with Crippen molar-refractivity contribution in [3.63, 3.8) is 0 Å². The second kappa shape index (κ2) is 66.6. The van der Waals surface area contributed by atoms with E-state index < -0.39 is 97.5 Å². The van der Waals surface area contributed by atoms with Gasteiger partial charge in [-0.25, -0.2) is 9.13 Å². The molecule has 0 aliphatic rings. The van der Waals surface area contributed by atoms with Crippen LogP contribution < -0.4 is 0 Å². The van der Waals surface area contributed by atoms with Crippen LogP contribution in [0.3, 0.4) is 0 Å². The first-order valence-electron chi connectivity index (χ1n) is 39.4. The molecular formula is C76H148O17P2. The summed E-state index contributed by atoms with van der Waals surface area (Å²) in [5.41, 5.74) is 0. The standard InChI is InChI=1S/C76H148O17P2/c1-8-10-11-12-13-14-15-18-26-31-36-45-52-59-76(81)93-72(64-87-74(79)58-51-44-39-38-41-48-55-68(5)6)66-91-95(84,85)89-62-70(77)61-88-94(82,83)90-65-71(63-86-73(78)57-50-43-35-30-25-22-21-23-28-33-40-47-54-67(3)4)92-75(80)60-53-46-37-32-27-20-17-16-19-24-29-34-42-49-56-69(7)9-2/h67-72,77H,8-66H2,1-7H3,(H,82,83)(H,84,85)/t69?,70-,71-,72-/m1/s1. The number of phosphoric ester groups is 2. The summed E-state index contributed by atoms with van der Waals surface area (Å²) in [7, 11) is -9.91. The van der Waals surface area contributed by atoms with Crippen molar-refractivity contribution in [2.24, 2.45) is 17.8 Å². The Bertz CT molecular complexity index is 1850. The van der Waals surface area contributed by atoms with E-state index in [2.05, 4.69) is 48.5 Å². The number of unbranched alkanes of at least 4 members (excludes halogenated alkanes) is 41. The van der Waals surface area contributed by atoms with Crippen LogP contribution in [0.5, 0.6) is 0 Å². The summed E-state index contributed by atoms with van der Waals surface area (Å²) in [6, 6.07) is 0. The zero-order chi connectivity index (χ0) is 70.1. The van der Waals surface area contributed by atoms with E-state index in [-0.39, 0.29) is 25.7 Å². The monoisotopic (exact) mass is 1400 g/mol. The highest BCUT2D eigenvalue weighted by Crippen LogP contribution is 2.45. The molecule has 95 heavy (non-hydrogen) atoms. The number of aliphatic hydroxyl groups excluding tert-OH is 1. The van der Waals surface area contributed by atoms with Gasteiger partial charge < -0.3 is 33.8 Å². The third kappa shape index (κ3) is 69.0. The molecule has 0 saturated carbocycles. The minimum absolute atomic E-state index is 0.106. The lowest BCUT2D eigenvalue weighted by atomic mass is 9.99. The Kier molecular flexibility index (Phi) is 65.2. The van der Waals surface area contributed by atoms with E-state index in [0.717, 1.165) is 108 Å². The van der Waals surface area contributed by atoms with E-state index in [4.69, 9.17) is 37.0 Å². The smallest absolute Gasteiger partial charge is 0.462 e. The third-order valence-corrected chi connectivity index (χ3v) is 19.9. The molecule has 17 nitrogen and oxygen atoms in total. The summed E-state index contributed by atoms with van der Waals surface area (Å²) >= 11 is 0. The average Bonchev–Trinajstić information content (AvgIpc) is 1.41. The molecule has 0 radical (unpaired) electrons. The van der Waals surface area contributed by atoms with Gasteiger partial charge in [0.25, 0.3) is 0 Å². The van der Waals surface area contributed by atoms with Gasteiger partial charge in [0.1, 0.15) is 19.3 Å². The Hall–Kier alpha value is -1.94. The second-order valence-electron chi connectivity index (χ2n) is 28.6. The molecule has 0 aromatic heterocycles. The van der Waals surface area contributed by atoms with Crippen molar-refractivity contribution in [2.75, 3.05) is 39.6 Å². The fourth-order valence-corrected chi connectivity index (χ4v) is 13.1. The van der Waals surface area contributed by atoms with Gasteiger partial charge >= 0.3 is 39.5 Å². The maximum atomic E-state index is 13.1. The zero-order valence-electron chi connectivity index (χ0n) is 62.1. The Morgan fingerprint density at radius 2 is 0.537 bits per heavy atom. The Balaban J connectivity index is 5.24. The predicted molar refractivity (Wildman–Crippen MR) is 386 cm³/mol. The van der Waals surface area contributed by atoms with Crippen molar-refractivity contribution in [2.45, 2.75) is 407 Å². The molecule has 0 bridgehead atoms. The van der Waals surface area contributed by atoms with Gasteiger partial charge in [0.15, 0.2) is 12.2 Å². The molecule has 19 heteroatoms. The van der Waals surface area contributed by atoms with Gasteiger partial charge in [0.2, 0.25) is 0 Å². The van der Waals surface area contributed by atoms with Gasteiger partial charge in [0.05, 0.1) is 26.4 Å². The number of phosphoric acid groups is 2. The van der Waals surface area contributed by atoms with Gasteiger partial charge in [-0.2, -0.15) is 0 Å². The van der Waals surface area contributed by atoms with E-state index in [9.17, 15) is 43.2 Å². The quantitative estimate of drug-likeness (QED) is 0.0222. The second-order valence-corrected chi connectivity index (χ2v) is 31.5. The lowest BCUT2D eigenvalue weighted by Crippen LogP contribution is -2.30. The van der Waals surface area contributed by atoms with Crippen molar-refractivity contribution in [3.05, 3.63) is 0 Å². The summed E-state index contributed by atoms with van der Waals surface area (Å²) in [4.78, 5) is 72.8. The Labute approximate surface area is 581 Å². The molecule has 0 heterocycles. The molecule has 0 aliphatic heterocycles. The fourth-order valence-electron chi connectivity index (χ4n) is 11.6. The van der Waals surface area contributed by atoms with Gasteiger partial charge in [-0.15, -0.1) is 0 Å². The molecule has 3 unspecified atom stereocenters. The van der Waals surface area contributed by atoms with Crippen LogP contribution >= 0.6 is 15.6 Å². The summed E-state index contributed by atoms with van der Waals surface area (Å²) in [6.45, 7) is 11.9. The molecule has 6 atom stereocenters. The van der Waals surface area contributed by atoms with E-state index in [1.807, 2.05) is 0 Å². The first-order chi connectivity index (χ1) is 45.8. The van der Waals surface area contributed by atoms with Crippen LogP contribution in [0.1, 0.15) is 389 Å². The van der Waals surface area contributed by atoms with Crippen molar-refractivity contribution in [1.29, 1.82) is 0 Å². The molecule has 0 amide bonds. The number of aliphatic hydroxyl groups is 1. The van der Waals surface area contributed by atoms with Crippen LogP contribution in [0, 0.1) is 17.8 Å². The van der Waals surface area contributed by atoms with Gasteiger partial charge in [0, 0.05) is 25.7 Å². The number of ether oxygens (including phenoxy) is 4. The van der Waals surface area contributed by atoms with Crippen molar-refractivity contribution < 1.29 is 80.2 Å². The topological polar surface area (TPSA) is 237 Å². The molecule has 0 fully saturated rings. The number of rotatable bonds is 74. The lowest BCUT2D eigenvalue weighted by Gasteiger charge is -2.21. The zero-order valence-corrected chi connectivity index (χ0v) is 63.9. The molecule has 0 aromatic carbocycles. The molecule has 0 rings (SSSR count). The first kappa shape index (κ1) is 93.1. The Morgan fingerprint density at radius 3 is 0.800 bits per heavy atom. The maximum Gasteiger partial charge on any atom is 0.472 e. The highest BCUT2D eigenvalue weighted by Gasteiger charge is 2.30. The van der Waals surface area contributed by atoms with Crippen molar-refractivity contribution >= 4 is 39.5 Å². The Morgan fingerprint density at radius 1 is 0.305 bits per heavy atom. The minimum Gasteiger partial charge on any atom is -0.462 e. The molecule has 0 aromatic rings. The highest BCUT2D eigenvalue weighted by atomic mass is 31.2. The van der Waals surface area contributed by atoms with Crippen LogP contribution in [0.2, 0.25) is 0 Å². The number of hydrogen-bond donors (Lipinski definition) is 3. The fraction of sp³-hybridized carbons (Fsp3) is 0.947. The number of esters is 4. The maximum absolute atomic E-state index is 13.1. The van der Waals surface area contributed by atoms with Gasteiger partial charge in [-0.3, -0.25) is 37.3 Å². The largest absolute Gasteiger partial charge is 0.472 e. The number of carbonyl (C=O) groups is 4. The van der Waals surface area contributed by atoms with E-state index >= 15 is 0 Å². The molecular weight excluding hydrogens is 1250 g/mol. The summed E-state index contributed by atoms with van der Waals surface area (Å²) in [5, 5.41) is 10.6. The SMILES string of the molecule is CCCCCCCCCCCCCCCC(=O)O[C@H](COC(=O)CCCCCCCCC(C)C)COP(=O)(O)OC[C@H](O)COP(=O)(O)OC[C@@H](COC(=O)CCCCCCCCCCCCCCC(C)C)OC(=O)CCCCCCCCCCCCCCCCC(C)CC. The minimum atomic E-state index is -4.96. The van der Waals surface area contributed by atoms with Crippen molar-refractivity contribution in [1.82, 2.24) is 0 Å². The van der Waals surface area contributed by atoms with Crippen LogP contribution in [0.15, 0.2) is 0 Å². The van der Waals surface area contributed by atoms with Crippen LogP contribution in [0.4, 0.5) is 0 Å². The molecule has 0 spiro atoms. The summed E-state index contributed by atoms with van der Waals surface area (Å²) in [5.74, 6) is 0.189. The van der Waals surface area contributed by atoms with Gasteiger partial charge in [-0.05, 0) is 43.4 Å². The van der Waals surface area contributed by atoms with Crippen molar-refractivity contribution in [3.8, 4) is 0 Å². The molecule has 3 N–H and O–H groups in total. The predicted octanol–water partition coefficient (Wildman–Crippen LogP) is 22.2. The molecule has 564 valence electrons. The van der Waals surface area contributed by atoms with Crippen LogP contribution in [-0.4, -0.2) is 96.7 Å². The lowest BCUT2D eigenvalue weighted by molar-refractivity contribution is -0.161. The molecule has 0 saturated heterocycles. The number of carbonyl (C=O) groups excluding carboxylic acids is 4. The number of hydrogen-bond acceptors (Lipinski definition) is 15. The average molecular weight is 1400 g/mol. The third-order valence-electron chi connectivity index (χ3n) is 18.0. The van der Waals surface area contributed by atoms with Crippen LogP contribution in [-0.2, 0) is 65.4 Å². The first-order valence-corrected chi connectivity index (χ1v) is 42.4. The normalized spacial score (nSPS) is 14.4. The van der Waals surface area contributed by atoms with Crippen LogP contribution in [0.25, 0.3) is 0 Å². The van der Waals surface area contributed by atoms with E-state index in [1.54, 1.807) is 0 Å². The van der Waals surface area contributed by atoms with E-state index in [0.29, 0.717) is 31.6 Å². The molecule has 0 aliphatic carbocycles. The summed E-state index contributed by atoms with van der Waals surface area (Å²) in [6.07, 6.45) is 52.7. The highest BCUT2D eigenvalue weighted by molar-refractivity contribution is 7.47. The van der Waals surface area contributed by atoms with Gasteiger partial charge in [-0.1, -0.05) is 337 Å².